The number of nitrogens with zero attached hydrogens (tertiary/aromatic N) is 3. The molecule has 1 amide bonds. The summed E-state index contributed by atoms with van der Waals surface area (Å²) < 4.78 is 1.68. The van der Waals surface area contributed by atoms with Gasteiger partial charge in [0.15, 0.2) is 5.69 Å². The summed E-state index contributed by atoms with van der Waals surface area (Å²) in [5, 5.41) is 17.2. The number of amides is 1. The highest BCUT2D eigenvalue weighted by molar-refractivity contribution is 6.05. The Labute approximate surface area is 118 Å². The van der Waals surface area contributed by atoms with Crippen molar-refractivity contribution in [1.29, 1.82) is 5.26 Å². The molecule has 0 fully saturated rings. The van der Waals surface area contributed by atoms with E-state index in [1.165, 1.54) is 0 Å². The van der Waals surface area contributed by atoms with Crippen LogP contribution in [-0.4, -0.2) is 21.2 Å². The number of hydrogen-bond acceptors (Lipinski definition) is 3. The zero-order chi connectivity index (χ0) is 14.8. The molecule has 5 nitrogen and oxygen atoms in total. The fourth-order valence-electron chi connectivity index (χ4n) is 2.27. The summed E-state index contributed by atoms with van der Waals surface area (Å²) >= 11 is 0. The van der Waals surface area contributed by atoms with Crippen molar-refractivity contribution in [3.8, 4) is 6.07 Å². The number of rotatable bonds is 4. The van der Waals surface area contributed by atoms with Crippen LogP contribution in [-0.2, 0) is 7.05 Å². The molecule has 20 heavy (non-hydrogen) atoms. The molecular formula is C15H18N4O. The number of para-hydroxylation sites is 1. The summed E-state index contributed by atoms with van der Waals surface area (Å²) in [4.78, 5) is 12.4. The van der Waals surface area contributed by atoms with Gasteiger partial charge in [-0.2, -0.15) is 10.4 Å². The van der Waals surface area contributed by atoms with Gasteiger partial charge in [0.1, 0.15) is 5.54 Å². The molecule has 1 aromatic carbocycles. The number of nitriles is 1. The van der Waals surface area contributed by atoms with Crippen molar-refractivity contribution in [2.75, 3.05) is 0 Å². The maximum absolute atomic E-state index is 12.4. The van der Waals surface area contributed by atoms with Crippen LogP contribution >= 0.6 is 0 Å². The summed E-state index contributed by atoms with van der Waals surface area (Å²) in [6, 6.07) is 9.76. The predicted octanol–water partition coefficient (Wildman–Crippen LogP) is 2.39. The zero-order valence-electron chi connectivity index (χ0n) is 12.0. The van der Waals surface area contributed by atoms with Gasteiger partial charge in [-0.05, 0) is 18.9 Å². The van der Waals surface area contributed by atoms with Crippen LogP contribution in [0.4, 0.5) is 0 Å². The smallest absolute Gasteiger partial charge is 0.273 e. The third-order valence-corrected chi connectivity index (χ3v) is 3.75. The normalized spacial score (nSPS) is 11.3. The molecule has 0 radical (unpaired) electrons. The topological polar surface area (TPSA) is 70.7 Å². The number of fused-ring (bicyclic) bond motifs is 1. The van der Waals surface area contributed by atoms with Crippen molar-refractivity contribution in [2.24, 2.45) is 7.05 Å². The second kappa shape index (κ2) is 5.33. The Bertz CT molecular complexity index is 677. The highest BCUT2D eigenvalue weighted by atomic mass is 16.2. The molecule has 1 heterocycles. The molecule has 0 spiro atoms. The van der Waals surface area contributed by atoms with Crippen molar-refractivity contribution in [1.82, 2.24) is 15.1 Å². The molecular weight excluding hydrogens is 252 g/mol. The number of aryl methyl sites for hydroxylation is 1. The van der Waals surface area contributed by atoms with Crippen LogP contribution in [0.1, 0.15) is 37.2 Å². The minimum absolute atomic E-state index is 0.299. The van der Waals surface area contributed by atoms with E-state index in [0.717, 1.165) is 10.9 Å². The van der Waals surface area contributed by atoms with E-state index in [2.05, 4.69) is 16.5 Å². The van der Waals surface area contributed by atoms with Crippen LogP contribution in [0.15, 0.2) is 24.3 Å². The molecule has 0 aliphatic heterocycles. The maximum Gasteiger partial charge on any atom is 0.273 e. The van der Waals surface area contributed by atoms with Gasteiger partial charge in [-0.3, -0.25) is 9.48 Å². The zero-order valence-corrected chi connectivity index (χ0v) is 12.0. The Morgan fingerprint density at radius 3 is 2.65 bits per heavy atom. The van der Waals surface area contributed by atoms with Gasteiger partial charge in [0, 0.05) is 12.4 Å². The Hall–Kier alpha value is -2.35. The molecule has 0 saturated carbocycles. The van der Waals surface area contributed by atoms with Crippen molar-refractivity contribution in [3.63, 3.8) is 0 Å². The summed E-state index contributed by atoms with van der Waals surface area (Å²) in [7, 11) is 1.80. The molecule has 0 saturated heterocycles. The summed E-state index contributed by atoms with van der Waals surface area (Å²) in [5.41, 5.74) is 0.438. The lowest BCUT2D eigenvalue weighted by molar-refractivity contribution is 0.0911. The van der Waals surface area contributed by atoms with Crippen molar-refractivity contribution >= 4 is 16.8 Å². The van der Waals surface area contributed by atoms with Crippen LogP contribution < -0.4 is 5.32 Å². The minimum atomic E-state index is -0.824. The molecule has 5 heteroatoms. The van der Waals surface area contributed by atoms with Gasteiger partial charge < -0.3 is 5.32 Å². The minimum Gasteiger partial charge on any atom is -0.332 e. The molecule has 2 rings (SSSR count). The first kappa shape index (κ1) is 14.1. The van der Waals surface area contributed by atoms with Crippen molar-refractivity contribution < 1.29 is 4.79 Å². The first-order valence-corrected chi connectivity index (χ1v) is 6.72. The van der Waals surface area contributed by atoms with Crippen LogP contribution in [0.25, 0.3) is 10.9 Å². The van der Waals surface area contributed by atoms with Crippen molar-refractivity contribution in [2.45, 2.75) is 32.2 Å². The maximum atomic E-state index is 12.4. The average Bonchev–Trinajstić information content (AvgIpc) is 2.83. The molecule has 0 bridgehead atoms. The predicted molar refractivity (Wildman–Crippen MR) is 77.1 cm³/mol. The first-order valence-electron chi connectivity index (χ1n) is 6.72. The summed E-state index contributed by atoms with van der Waals surface area (Å²) in [5.74, 6) is -0.299. The number of nitrogens with one attached hydrogen (secondary N) is 1. The van der Waals surface area contributed by atoms with E-state index in [1.54, 1.807) is 11.7 Å². The van der Waals surface area contributed by atoms with E-state index in [1.807, 2.05) is 38.1 Å². The Balaban J connectivity index is 2.40. The average molecular weight is 270 g/mol. The Morgan fingerprint density at radius 2 is 2.05 bits per heavy atom. The number of aromatic nitrogens is 2. The second-order valence-electron chi connectivity index (χ2n) is 4.84. The van der Waals surface area contributed by atoms with Crippen LogP contribution in [0, 0.1) is 11.3 Å². The van der Waals surface area contributed by atoms with E-state index in [0.29, 0.717) is 18.5 Å². The molecule has 1 aromatic heterocycles. The molecule has 2 aromatic rings. The van der Waals surface area contributed by atoms with Gasteiger partial charge >= 0.3 is 0 Å². The van der Waals surface area contributed by atoms with Crippen LogP contribution in [0.5, 0.6) is 0 Å². The summed E-state index contributed by atoms with van der Waals surface area (Å²) in [6.07, 6.45) is 1.13. The highest BCUT2D eigenvalue weighted by Crippen LogP contribution is 2.20. The molecule has 0 unspecified atom stereocenters. The molecule has 1 N–H and O–H groups in total. The lowest BCUT2D eigenvalue weighted by Crippen LogP contribution is -2.46. The van der Waals surface area contributed by atoms with Gasteiger partial charge in [0.2, 0.25) is 0 Å². The molecule has 104 valence electrons. The van der Waals surface area contributed by atoms with Gasteiger partial charge in [0.25, 0.3) is 5.91 Å². The number of carbonyl (C=O) groups is 1. The SMILES string of the molecule is CCC(C#N)(CC)NC(=O)c1nn(C)c2ccccc12. The quantitative estimate of drug-likeness (QED) is 0.927. The third kappa shape index (κ3) is 2.25. The third-order valence-electron chi connectivity index (χ3n) is 3.75. The fourth-order valence-corrected chi connectivity index (χ4v) is 2.27. The lowest BCUT2D eigenvalue weighted by Gasteiger charge is -2.24. The van der Waals surface area contributed by atoms with Crippen LogP contribution in [0.3, 0.4) is 0 Å². The number of hydrogen-bond donors (Lipinski definition) is 1. The highest BCUT2D eigenvalue weighted by Gasteiger charge is 2.29. The Morgan fingerprint density at radius 1 is 1.40 bits per heavy atom. The fraction of sp³-hybridized carbons (Fsp3) is 0.400. The van der Waals surface area contributed by atoms with E-state index in [-0.39, 0.29) is 5.91 Å². The van der Waals surface area contributed by atoms with Crippen LogP contribution in [0.2, 0.25) is 0 Å². The van der Waals surface area contributed by atoms with Gasteiger partial charge in [-0.15, -0.1) is 0 Å². The molecule has 0 atom stereocenters. The molecule has 0 aliphatic carbocycles. The monoisotopic (exact) mass is 270 g/mol. The van der Waals surface area contributed by atoms with Crippen molar-refractivity contribution in [3.05, 3.63) is 30.0 Å². The van der Waals surface area contributed by atoms with Gasteiger partial charge in [-0.1, -0.05) is 32.0 Å². The lowest BCUT2D eigenvalue weighted by atomic mass is 9.94. The van der Waals surface area contributed by atoms with E-state index in [9.17, 15) is 10.1 Å². The summed E-state index contributed by atoms with van der Waals surface area (Å²) in [6.45, 7) is 3.78. The van der Waals surface area contributed by atoms with E-state index < -0.39 is 5.54 Å². The largest absolute Gasteiger partial charge is 0.332 e. The first-order chi connectivity index (χ1) is 9.56. The second-order valence-corrected chi connectivity index (χ2v) is 4.84. The van der Waals surface area contributed by atoms with Gasteiger partial charge in [-0.25, -0.2) is 0 Å². The number of carbonyl (C=O) groups excluding carboxylic acids is 1. The van der Waals surface area contributed by atoms with E-state index in [4.69, 9.17) is 0 Å². The number of benzene rings is 1. The van der Waals surface area contributed by atoms with Gasteiger partial charge in [0.05, 0.1) is 11.6 Å². The molecule has 0 aliphatic rings. The Kier molecular flexibility index (Phi) is 3.75. The standard InChI is InChI=1S/C15H18N4O/c1-4-15(5-2,10-16)17-14(20)13-11-8-6-7-9-12(11)19(3)18-13/h6-9H,4-5H2,1-3H3,(H,17,20). The van der Waals surface area contributed by atoms with E-state index >= 15 is 0 Å².